The van der Waals surface area contributed by atoms with Crippen molar-refractivity contribution in [1.29, 1.82) is 0 Å². The van der Waals surface area contributed by atoms with Gasteiger partial charge < -0.3 is 5.11 Å². The molecule has 1 aromatic carbocycles. The van der Waals surface area contributed by atoms with E-state index >= 15 is 0 Å². The van der Waals surface area contributed by atoms with Gasteiger partial charge in [0.05, 0.1) is 17.1 Å². The zero-order valence-corrected chi connectivity index (χ0v) is 8.85. The highest BCUT2D eigenvalue weighted by molar-refractivity contribution is 5.55. The predicted molar refractivity (Wildman–Crippen MR) is 62.1 cm³/mol. The summed E-state index contributed by atoms with van der Waals surface area (Å²) < 4.78 is 0. The minimum Gasteiger partial charge on any atom is -0.391 e. The molecule has 17 heavy (non-hydrogen) atoms. The Kier molecular flexibility index (Phi) is 4.68. The number of aliphatic hydroxyl groups is 1. The first-order chi connectivity index (χ1) is 8.19. The van der Waals surface area contributed by atoms with Crippen LogP contribution in [0.25, 0.3) is 16.5 Å². The molecule has 1 N–H and O–H groups in total. The molecule has 0 saturated carbocycles. The Bertz CT molecular complexity index is 492. The molecule has 0 radical (unpaired) electrons. The molecular formula is C10H10N4O3. The van der Waals surface area contributed by atoms with Gasteiger partial charge in [0.25, 0.3) is 5.69 Å². The van der Waals surface area contributed by atoms with E-state index in [0.29, 0.717) is 5.56 Å². The third-order valence-corrected chi connectivity index (χ3v) is 2.03. The monoisotopic (exact) mass is 234 g/mol. The van der Waals surface area contributed by atoms with Gasteiger partial charge in [0.2, 0.25) is 0 Å². The number of azide groups is 1. The maximum absolute atomic E-state index is 10.6. The van der Waals surface area contributed by atoms with Gasteiger partial charge in [0, 0.05) is 17.5 Å². The molecule has 0 aliphatic rings. The molecule has 0 aromatic heterocycles. The standard InChI is InChI=1S/C10H10N4O3/c11-13-12-5-1-2-8-3-4-10(14(16)17)9(6-8)7-15/h1-4,6,15H,5,7H2. The molecule has 7 heteroatoms. The summed E-state index contributed by atoms with van der Waals surface area (Å²) in [6.45, 7) is -0.184. The van der Waals surface area contributed by atoms with Crippen molar-refractivity contribution in [2.24, 2.45) is 5.11 Å². The van der Waals surface area contributed by atoms with E-state index in [4.69, 9.17) is 10.6 Å². The van der Waals surface area contributed by atoms with Crippen molar-refractivity contribution in [3.05, 3.63) is 56.0 Å². The number of benzene rings is 1. The van der Waals surface area contributed by atoms with Gasteiger partial charge in [-0.2, -0.15) is 0 Å². The largest absolute Gasteiger partial charge is 0.391 e. The number of hydrogen-bond donors (Lipinski definition) is 1. The van der Waals surface area contributed by atoms with Crippen molar-refractivity contribution >= 4 is 11.8 Å². The first-order valence-corrected chi connectivity index (χ1v) is 4.74. The van der Waals surface area contributed by atoms with E-state index in [0.717, 1.165) is 0 Å². The highest BCUT2D eigenvalue weighted by Crippen LogP contribution is 2.20. The fourth-order valence-electron chi connectivity index (χ4n) is 1.29. The third kappa shape index (κ3) is 3.60. The Morgan fingerprint density at radius 1 is 1.59 bits per heavy atom. The highest BCUT2D eigenvalue weighted by atomic mass is 16.6. The first-order valence-electron chi connectivity index (χ1n) is 4.74. The first kappa shape index (κ1) is 12.7. The topological polar surface area (TPSA) is 112 Å². The predicted octanol–water partition coefficient (Wildman–Crippen LogP) is 2.41. The van der Waals surface area contributed by atoms with E-state index in [1.165, 1.54) is 12.1 Å². The summed E-state index contributed by atoms with van der Waals surface area (Å²) in [4.78, 5) is 12.7. The van der Waals surface area contributed by atoms with Crippen LogP contribution < -0.4 is 0 Å². The van der Waals surface area contributed by atoms with Crippen molar-refractivity contribution < 1.29 is 10.0 Å². The van der Waals surface area contributed by atoms with E-state index in [1.807, 2.05) is 0 Å². The molecule has 0 spiro atoms. The summed E-state index contributed by atoms with van der Waals surface area (Å²) in [5, 5.41) is 22.9. The molecule has 0 heterocycles. The van der Waals surface area contributed by atoms with Gasteiger partial charge in [-0.1, -0.05) is 17.3 Å². The highest BCUT2D eigenvalue weighted by Gasteiger charge is 2.12. The Balaban J connectivity index is 2.93. The average molecular weight is 234 g/mol. The van der Waals surface area contributed by atoms with Crippen molar-refractivity contribution in [2.75, 3.05) is 6.54 Å². The van der Waals surface area contributed by atoms with Crippen LogP contribution in [0.1, 0.15) is 11.1 Å². The maximum atomic E-state index is 10.6. The van der Waals surface area contributed by atoms with E-state index < -0.39 is 11.5 Å². The normalized spacial score (nSPS) is 10.2. The number of nitro groups is 1. The van der Waals surface area contributed by atoms with E-state index in [-0.39, 0.29) is 17.8 Å². The Morgan fingerprint density at radius 2 is 2.35 bits per heavy atom. The number of nitro benzene ring substituents is 1. The number of nitrogens with zero attached hydrogens (tertiary/aromatic N) is 4. The molecule has 0 aliphatic carbocycles. The van der Waals surface area contributed by atoms with Crippen molar-refractivity contribution in [3.8, 4) is 0 Å². The van der Waals surface area contributed by atoms with E-state index in [1.54, 1.807) is 18.2 Å². The van der Waals surface area contributed by atoms with Crippen LogP contribution in [0.4, 0.5) is 5.69 Å². The summed E-state index contributed by atoms with van der Waals surface area (Å²) in [6.07, 6.45) is 3.29. The van der Waals surface area contributed by atoms with Gasteiger partial charge in [0.15, 0.2) is 0 Å². The molecule has 0 saturated heterocycles. The van der Waals surface area contributed by atoms with Crippen molar-refractivity contribution in [1.82, 2.24) is 0 Å². The lowest BCUT2D eigenvalue weighted by Gasteiger charge is -2.00. The Morgan fingerprint density at radius 3 is 2.94 bits per heavy atom. The fourth-order valence-corrected chi connectivity index (χ4v) is 1.29. The molecule has 0 bridgehead atoms. The van der Waals surface area contributed by atoms with Crippen LogP contribution in [-0.2, 0) is 6.61 Å². The lowest BCUT2D eigenvalue weighted by molar-refractivity contribution is -0.385. The van der Waals surface area contributed by atoms with Crippen LogP contribution in [0.5, 0.6) is 0 Å². The maximum Gasteiger partial charge on any atom is 0.274 e. The lowest BCUT2D eigenvalue weighted by Crippen LogP contribution is -1.95. The second kappa shape index (κ2) is 6.26. The summed E-state index contributed by atoms with van der Waals surface area (Å²) >= 11 is 0. The van der Waals surface area contributed by atoms with Crippen LogP contribution in [0.15, 0.2) is 29.4 Å². The zero-order valence-electron chi connectivity index (χ0n) is 8.85. The summed E-state index contributed by atoms with van der Waals surface area (Å²) in [5.74, 6) is 0. The van der Waals surface area contributed by atoms with Crippen LogP contribution in [0.3, 0.4) is 0 Å². The minimum absolute atomic E-state index is 0.111. The molecule has 0 atom stereocenters. The van der Waals surface area contributed by atoms with Gasteiger partial charge in [-0.3, -0.25) is 10.1 Å². The fraction of sp³-hybridized carbons (Fsp3) is 0.200. The van der Waals surface area contributed by atoms with E-state index in [2.05, 4.69) is 10.0 Å². The van der Waals surface area contributed by atoms with Gasteiger partial charge in [-0.05, 0) is 23.2 Å². The van der Waals surface area contributed by atoms with E-state index in [9.17, 15) is 10.1 Å². The molecule has 0 unspecified atom stereocenters. The second-order valence-corrected chi connectivity index (χ2v) is 3.12. The van der Waals surface area contributed by atoms with Crippen molar-refractivity contribution in [3.63, 3.8) is 0 Å². The molecular weight excluding hydrogens is 224 g/mol. The summed E-state index contributed by atoms with van der Waals surface area (Å²) in [6, 6.07) is 4.41. The molecule has 88 valence electrons. The van der Waals surface area contributed by atoms with Crippen LogP contribution in [0, 0.1) is 10.1 Å². The van der Waals surface area contributed by atoms with Gasteiger partial charge >= 0.3 is 0 Å². The van der Waals surface area contributed by atoms with Crippen LogP contribution in [0.2, 0.25) is 0 Å². The number of aliphatic hydroxyl groups excluding tert-OH is 1. The van der Waals surface area contributed by atoms with Crippen LogP contribution in [-0.4, -0.2) is 16.6 Å². The number of rotatable bonds is 5. The summed E-state index contributed by atoms with van der Waals surface area (Å²) in [7, 11) is 0. The molecule has 1 aromatic rings. The van der Waals surface area contributed by atoms with Crippen LogP contribution >= 0.6 is 0 Å². The van der Waals surface area contributed by atoms with Gasteiger partial charge in [0.1, 0.15) is 0 Å². The molecule has 0 amide bonds. The number of hydrogen-bond acceptors (Lipinski definition) is 4. The quantitative estimate of drug-likeness (QED) is 0.277. The second-order valence-electron chi connectivity index (χ2n) is 3.12. The Labute approximate surface area is 96.8 Å². The van der Waals surface area contributed by atoms with Gasteiger partial charge in [-0.25, -0.2) is 0 Å². The lowest BCUT2D eigenvalue weighted by atomic mass is 10.1. The van der Waals surface area contributed by atoms with Crippen molar-refractivity contribution in [2.45, 2.75) is 6.61 Å². The molecule has 1 rings (SSSR count). The van der Waals surface area contributed by atoms with Gasteiger partial charge in [-0.15, -0.1) is 0 Å². The molecule has 0 aliphatic heterocycles. The Hall–Kier alpha value is -2.37. The average Bonchev–Trinajstić information content (AvgIpc) is 2.34. The SMILES string of the molecule is [N-]=[N+]=NCC=Cc1ccc([N+](=O)[O-])c(CO)c1. The molecule has 0 fully saturated rings. The summed E-state index contributed by atoms with van der Waals surface area (Å²) in [5.41, 5.74) is 8.90. The third-order valence-electron chi connectivity index (χ3n) is 2.03. The zero-order chi connectivity index (χ0) is 12.7. The smallest absolute Gasteiger partial charge is 0.274 e. The minimum atomic E-state index is -0.543. The molecule has 7 nitrogen and oxygen atoms in total.